The standard InChI is InChI=1S/C15H17BrN2OS/c1-8-6-13(10(3)20-8)9(2)18-15(19)12-5-4-11(16)7-14(12)17/h4-7,9H,17H2,1-3H3,(H,18,19). The Labute approximate surface area is 131 Å². The molecule has 0 aliphatic rings. The SMILES string of the molecule is Cc1cc(C(C)NC(=O)c2ccc(Br)cc2N)c(C)s1. The number of nitrogens with two attached hydrogens (primary N) is 1. The lowest BCUT2D eigenvalue weighted by atomic mass is 10.1. The number of carbonyl (C=O) groups excluding carboxylic acids is 1. The molecule has 0 fully saturated rings. The van der Waals surface area contributed by atoms with Gasteiger partial charge in [-0.2, -0.15) is 0 Å². The van der Waals surface area contributed by atoms with Crippen LogP contribution in [0.25, 0.3) is 0 Å². The van der Waals surface area contributed by atoms with Crippen molar-refractivity contribution in [2.75, 3.05) is 5.73 Å². The second kappa shape index (κ2) is 5.97. The lowest BCUT2D eigenvalue weighted by molar-refractivity contribution is 0.0941. The molecular weight excluding hydrogens is 336 g/mol. The van der Waals surface area contributed by atoms with Gasteiger partial charge in [0, 0.05) is 19.9 Å². The predicted octanol–water partition coefficient (Wildman–Crippen LogP) is 4.20. The molecule has 106 valence electrons. The molecule has 5 heteroatoms. The molecule has 0 radical (unpaired) electrons. The van der Waals surface area contributed by atoms with Crippen molar-refractivity contribution in [3.8, 4) is 0 Å². The van der Waals surface area contributed by atoms with Crippen LogP contribution in [0.3, 0.4) is 0 Å². The number of amides is 1. The van der Waals surface area contributed by atoms with E-state index in [1.807, 2.05) is 13.0 Å². The average molecular weight is 353 g/mol. The van der Waals surface area contributed by atoms with E-state index >= 15 is 0 Å². The molecule has 1 unspecified atom stereocenters. The Hall–Kier alpha value is -1.33. The van der Waals surface area contributed by atoms with E-state index in [1.165, 1.54) is 9.75 Å². The van der Waals surface area contributed by atoms with Gasteiger partial charge < -0.3 is 11.1 Å². The molecule has 0 aliphatic heterocycles. The third-order valence-electron chi connectivity index (χ3n) is 3.15. The molecule has 1 aromatic heterocycles. The van der Waals surface area contributed by atoms with Gasteiger partial charge in [0.05, 0.1) is 11.6 Å². The van der Waals surface area contributed by atoms with Crippen LogP contribution in [0, 0.1) is 13.8 Å². The molecule has 3 N–H and O–H groups in total. The fourth-order valence-corrected chi connectivity index (χ4v) is 3.57. The zero-order valence-corrected chi connectivity index (χ0v) is 14.1. The minimum absolute atomic E-state index is 0.0319. The van der Waals surface area contributed by atoms with Crippen molar-refractivity contribution < 1.29 is 4.79 Å². The largest absolute Gasteiger partial charge is 0.398 e. The number of hydrogen-bond donors (Lipinski definition) is 2. The van der Waals surface area contributed by atoms with Crippen LogP contribution in [0.15, 0.2) is 28.7 Å². The first kappa shape index (κ1) is 15.1. The van der Waals surface area contributed by atoms with Gasteiger partial charge in [0.15, 0.2) is 0 Å². The number of benzene rings is 1. The number of halogens is 1. The van der Waals surface area contributed by atoms with Gasteiger partial charge in [0.1, 0.15) is 0 Å². The highest BCUT2D eigenvalue weighted by Crippen LogP contribution is 2.27. The van der Waals surface area contributed by atoms with Crippen molar-refractivity contribution in [3.05, 3.63) is 49.6 Å². The van der Waals surface area contributed by atoms with Crippen LogP contribution in [-0.2, 0) is 0 Å². The first-order valence-corrected chi connectivity index (χ1v) is 7.92. The topological polar surface area (TPSA) is 55.1 Å². The fourth-order valence-electron chi connectivity index (χ4n) is 2.17. The van der Waals surface area contributed by atoms with Gasteiger partial charge in [0.2, 0.25) is 0 Å². The minimum atomic E-state index is -0.147. The number of hydrogen-bond acceptors (Lipinski definition) is 3. The smallest absolute Gasteiger partial charge is 0.253 e. The first-order valence-electron chi connectivity index (χ1n) is 6.31. The summed E-state index contributed by atoms with van der Waals surface area (Å²) >= 11 is 5.08. The average Bonchev–Trinajstić information content (AvgIpc) is 2.68. The second-order valence-electron chi connectivity index (χ2n) is 4.80. The Bertz CT molecular complexity index is 651. The summed E-state index contributed by atoms with van der Waals surface area (Å²) in [7, 11) is 0. The lowest BCUT2D eigenvalue weighted by Crippen LogP contribution is -2.27. The predicted molar refractivity (Wildman–Crippen MR) is 88.2 cm³/mol. The highest BCUT2D eigenvalue weighted by molar-refractivity contribution is 9.10. The Kier molecular flexibility index (Phi) is 4.50. The van der Waals surface area contributed by atoms with Crippen molar-refractivity contribution in [2.24, 2.45) is 0 Å². The van der Waals surface area contributed by atoms with E-state index in [9.17, 15) is 4.79 Å². The summed E-state index contributed by atoms with van der Waals surface area (Å²) in [6, 6.07) is 7.37. The number of nitrogen functional groups attached to an aromatic ring is 1. The monoisotopic (exact) mass is 352 g/mol. The zero-order chi connectivity index (χ0) is 14.9. The quantitative estimate of drug-likeness (QED) is 0.813. The fraction of sp³-hybridized carbons (Fsp3) is 0.267. The highest BCUT2D eigenvalue weighted by atomic mass is 79.9. The third-order valence-corrected chi connectivity index (χ3v) is 4.63. The minimum Gasteiger partial charge on any atom is -0.398 e. The molecule has 2 rings (SSSR count). The van der Waals surface area contributed by atoms with E-state index in [2.05, 4.69) is 41.2 Å². The molecule has 1 amide bonds. The molecule has 0 aliphatic carbocycles. The molecule has 2 aromatic rings. The van der Waals surface area contributed by atoms with Crippen molar-refractivity contribution in [1.82, 2.24) is 5.32 Å². The molecule has 0 bridgehead atoms. The van der Waals surface area contributed by atoms with E-state index < -0.39 is 0 Å². The highest BCUT2D eigenvalue weighted by Gasteiger charge is 2.16. The van der Waals surface area contributed by atoms with Crippen LogP contribution in [-0.4, -0.2) is 5.91 Å². The van der Waals surface area contributed by atoms with Gasteiger partial charge in [-0.1, -0.05) is 15.9 Å². The molecule has 1 aromatic carbocycles. The maximum atomic E-state index is 12.3. The van der Waals surface area contributed by atoms with Gasteiger partial charge >= 0.3 is 0 Å². The van der Waals surface area contributed by atoms with E-state index in [0.717, 1.165) is 10.0 Å². The lowest BCUT2D eigenvalue weighted by Gasteiger charge is -2.15. The molecule has 1 atom stereocenters. The summed E-state index contributed by atoms with van der Waals surface area (Å²) in [5.41, 5.74) is 8.02. The Morgan fingerprint density at radius 2 is 2.05 bits per heavy atom. The van der Waals surface area contributed by atoms with Gasteiger partial charge in [-0.25, -0.2) is 0 Å². The Balaban J connectivity index is 2.17. The zero-order valence-electron chi connectivity index (χ0n) is 11.7. The van der Waals surface area contributed by atoms with Crippen LogP contribution in [0.2, 0.25) is 0 Å². The molecule has 1 heterocycles. The van der Waals surface area contributed by atoms with Crippen LogP contribution >= 0.6 is 27.3 Å². The molecule has 0 spiro atoms. The maximum absolute atomic E-state index is 12.3. The van der Waals surface area contributed by atoms with Crippen LogP contribution < -0.4 is 11.1 Å². The molecule has 3 nitrogen and oxygen atoms in total. The number of carbonyl (C=O) groups is 1. The van der Waals surface area contributed by atoms with Crippen molar-refractivity contribution in [2.45, 2.75) is 26.8 Å². The number of thiophene rings is 1. The number of anilines is 1. The van der Waals surface area contributed by atoms with Gasteiger partial charge in [-0.3, -0.25) is 4.79 Å². The van der Waals surface area contributed by atoms with Crippen molar-refractivity contribution in [3.63, 3.8) is 0 Å². The summed E-state index contributed by atoms with van der Waals surface area (Å²) < 4.78 is 0.865. The Morgan fingerprint density at radius 3 is 2.60 bits per heavy atom. The van der Waals surface area contributed by atoms with Gasteiger partial charge in [0.25, 0.3) is 5.91 Å². The summed E-state index contributed by atoms with van der Waals surface area (Å²) in [5.74, 6) is -0.147. The number of aryl methyl sites for hydroxylation is 2. The van der Waals surface area contributed by atoms with Crippen molar-refractivity contribution >= 4 is 38.9 Å². The first-order chi connectivity index (χ1) is 9.38. The van der Waals surface area contributed by atoms with Crippen LogP contribution in [0.1, 0.15) is 38.6 Å². The number of rotatable bonds is 3. The summed E-state index contributed by atoms with van der Waals surface area (Å²) in [4.78, 5) is 14.8. The molecular formula is C15H17BrN2OS. The van der Waals surface area contributed by atoms with Gasteiger partial charge in [-0.15, -0.1) is 11.3 Å². The third kappa shape index (κ3) is 3.22. The van der Waals surface area contributed by atoms with E-state index in [1.54, 1.807) is 23.5 Å². The summed E-state index contributed by atoms with van der Waals surface area (Å²) in [5, 5.41) is 3.00. The molecule has 20 heavy (non-hydrogen) atoms. The van der Waals surface area contributed by atoms with Crippen LogP contribution in [0.4, 0.5) is 5.69 Å². The Morgan fingerprint density at radius 1 is 1.35 bits per heavy atom. The van der Waals surface area contributed by atoms with Crippen LogP contribution in [0.5, 0.6) is 0 Å². The molecule has 0 saturated heterocycles. The van der Waals surface area contributed by atoms with E-state index in [-0.39, 0.29) is 11.9 Å². The second-order valence-corrected chi connectivity index (χ2v) is 7.17. The van der Waals surface area contributed by atoms with Gasteiger partial charge in [-0.05, 0) is 50.6 Å². The summed E-state index contributed by atoms with van der Waals surface area (Å²) in [6.45, 7) is 6.13. The maximum Gasteiger partial charge on any atom is 0.253 e. The van der Waals surface area contributed by atoms with E-state index in [0.29, 0.717) is 11.3 Å². The molecule has 0 saturated carbocycles. The summed E-state index contributed by atoms with van der Waals surface area (Å²) in [6.07, 6.45) is 0. The number of nitrogens with one attached hydrogen (secondary N) is 1. The van der Waals surface area contributed by atoms with Crippen molar-refractivity contribution in [1.29, 1.82) is 0 Å². The normalized spacial score (nSPS) is 12.2. The van der Waals surface area contributed by atoms with E-state index in [4.69, 9.17) is 5.73 Å².